The summed E-state index contributed by atoms with van der Waals surface area (Å²) in [6, 6.07) is 13.1. The average molecular weight is 313 g/mol. The van der Waals surface area contributed by atoms with Crippen LogP contribution in [0.4, 0.5) is 0 Å². The number of ether oxygens (including phenoxy) is 2. The Balaban J connectivity index is 1.57. The summed E-state index contributed by atoms with van der Waals surface area (Å²) in [7, 11) is 1.64. The molecular weight excluding hydrogens is 298 g/mol. The van der Waals surface area contributed by atoms with E-state index in [4.69, 9.17) is 9.47 Å². The topological polar surface area (TPSA) is 48.4 Å². The smallest absolute Gasteiger partial charge is 0.338 e. The molecule has 0 aliphatic rings. The highest BCUT2D eigenvalue weighted by atomic mass is 32.1. The molecule has 0 atom stereocenters. The van der Waals surface area contributed by atoms with Crippen LogP contribution in [0.1, 0.15) is 15.9 Å². The van der Waals surface area contributed by atoms with Gasteiger partial charge in [0.05, 0.1) is 35.0 Å². The molecule has 0 unspecified atom stereocenters. The van der Waals surface area contributed by atoms with E-state index in [0.29, 0.717) is 18.6 Å². The molecule has 0 N–H and O–H groups in total. The highest BCUT2D eigenvalue weighted by Gasteiger charge is 2.09. The zero-order valence-corrected chi connectivity index (χ0v) is 12.9. The van der Waals surface area contributed by atoms with E-state index in [1.54, 1.807) is 18.7 Å². The van der Waals surface area contributed by atoms with Crippen molar-refractivity contribution in [1.82, 2.24) is 4.98 Å². The second kappa shape index (κ2) is 6.58. The number of hydrogen-bond acceptors (Lipinski definition) is 5. The van der Waals surface area contributed by atoms with Crippen molar-refractivity contribution >= 4 is 27.5 Å². The third-order valence-electron chi connectivity index (χ3n) is 3.35. The van der Waals surface area contributed by atoms with Crippen LogP contribution >= 0.6 is 11.3 Å². The fraction of sp³-hybridized carbons (Fsp3) is 0.176. The van der Waals surface area contributed by atoms with Gasteiger partial charge in [0, 0.05) is 6.42 Å². The average Bonchev–Trinajstić information content (AvgIpc) is 3.03. The molecule has 0 spiro atoms. The van der Waals surface area contributed by atoms with Crippen LogP contribution in [0.5, 0.6) is 5.75 Å². The van der Waals surface area contributed by atoms with Crippen molar-refractivity contribution in [2.75, 3.05) is 13.7 Å². The first kappa shape index (κ1) is 14.5. The van der Waals surface area contributed by atoms with Gasteiger partial charge in [0.15, 0.2) is 0 Å². The van der Waals surface area contributed by atoms with E-state index in [2.05, 4.69) is 4.98 Å². The van der Waals surface area contributed by atoms with Gasteiger partial charge in [-0.1, -0.05) is 12.1 Å². The molecule has 22 heavy (non-hydrogen) atoms. The number of carbonyl (C=O) groups is 1. The lowest BCUT2D eigenvalue weighted by Gasteiger charge is -2.06. The number of nitrogens with zero attached hydrogens (tertiary/aromatic N) is 1. The molecule has 0 aliphatic carbocycles. The van der Waals surface area contributed by atoms with Crippen LogP contribution in [0.3, 0.4) is 0 Å². The van der Waals surface area contributed by atoms with Crippen molar-refractivity contribution in [1.29, 1.82) is 0 Å². The molecule has 3 aromatic rings. The van der Waals surface area contributed by atoms with Crippen molar-refractivity contribution in [2.45, 2.75) is 6.42 Å². The van der Waals surface area contributed by atoms with Crippen molar-refractivity contribution < 1.29 is 14.3 Å². The maximum Gasteiger partial charge on any atom is 0.338 e. The second-order valence-electron chi connectivity index (χ2n) is 4.77. The molecule has 112 valence electrons. The van der Waals surface area contributed by atoms with Crippen molar-refractivity contribution in [2.24, 2.45) is 0 Å². The maximum atomic E-state index is 12.0. The lowest BCUT2D eigenvalue weighted by Crippen LogP contribution is -2.08. The summed E-state index contributed by atoms with van der Waals surface area (Å²) in [5.41, 5.74) is 4.33. The predicted molar refractivity (Wildman–Crippen MR) is 86.6 cm³/mol. The predicted octanol–water partition coefficient (Wildman–Crippen LogP) is 3.70. The molecule has 0 amide bonds. The summed E-state index contributed by atoms with van der Waals surface area (Å²) in [6.07, 6.45) is 0.679. The Morgan fingerprint density at radius 3 is 2.77 bits per heavy atom. The maximum absolute atomic E-state index is 12.0. The largest absolute Gasteiger partial charge is 0.497 e. The molecule has 1 aromatic heterocycles. The van der Waals surface area contributed by atoms with Crippen LogP contribution in [-0.2, 0) is 11.2 Å². The molecule has 4 nitrogen and oxygen atoms in total. The Morgan fingerprint density at radius 2 is 2.00 bits per heavy atom. The van der Waals surface area contributed by atoms with Gasteiger partial charge in [-0.25, -0.2) is 9.78 Å². The van der Waals surface area contributed by atoms with Crippen molar-refractivity contribution in [3.05, 3.63) is 59.1 Å². The summed E-state index contributed by atoms with van der Waals surface area (Å²) < 4.78 is 11.4. The van der Waals surface area contributed by atoms with Crippen LogP contribution in [0.15, 0.2) is 48.0 Å². The van der Waals surface area contributed by atoms with Gasteiger partial charge in [-0.05, 0) is 35.9 Å². The Kier molecular flexibility index (Phi) is 4.34. The first-order valence-corrected chi connectivity index (χ1v) is 7.77. The zero-order chi connectivity index (χ0) is 15.4. The van der Waals surface area contributed by atoms with Gasteiger partial charge in [-0.3, -0.25) is 0 Å². The molecule has 0 aliphatic heterocycles. The molecule has 0 saturated carbocycles. The molecule has 2 aromatic carbocycles. The van der Waals surface area contributed by atoms with Crippen LogP contribution in [0.2, 0.25) is 0 Å². The van der Waals surface area contributed by atoms with Gasteiger partial charge in [0.25, 0.3) is 0 Å². The highest BCUT2D eigenvalue weighted by molar-refractivity contribution is 7.16. The van der Waals surface area contributed by atoms with Gasteiger partial charge >= 0.3 is 5.97 Å². The molecule has 0 bridgehead atoms. The number of fused-ring (bicyclic) bond motifs is 1. The van der Waals surface area contributed by atoms with E-state index in [0.717, 1.165) is 21.5 Å². The minimum atomic E-state index is -0.302. The van der Waals surface area contributed by atoms with Crippen molar-refractivity contribution in [3.8, 4) is 5.75 Å². The highest BCUT2D eigenvalue weighted by Crippen LogP contribution is 2.19. The number of carbonyl (C=O) groups excluding carboxylic acids is 1. The van der Waals surface area contributed by atoms with E-state index < -0.39 is 0 Å². The van der Waals surface area contributed by atoms with E-state index in [1.807, 2.05) is 36.4 Å². The second-order valence-corrected chi connectivity index (χ2v) is 5.66. The fourth-order valence-corrected chi connectivity index (χ4v) is 2.84. The number of aromatic nitrogens is 1. The van der Waals surface area contributed by atoms with Crippen LogP contribution in [0, 0.1) is 0 Å². The summed E-state index contributed by atoms with van der Waals surface area (Å²) in [5, 5.41) is 0. The summed E-state index contributed by atoms with van der Waals surface area (Å²) in [4.78, 5) is 16.2. The Labute approximate surface area is 132 Å². The lowest BCUT2D eigenvalue weighted by molar-refractivity contribution is 0.0509. The summed E-state index contributed by atoms with van der Waals surface area (Å²) in [6.45, 7) is 0.353. The van der Waals surface area contributed by atoms with Crippen LogP contribution in [-0.4, -0.2) is 24.7 Å². The molecule has 1 heterocycles. The molecule has 3 rings (SSSR count). The Morgan fingerprint density at radius 1 is 1.18 bits per heavy atom. The number of thiazole rings is 1. The van der Waals surface area contributed by atoms with Gasteiger partial charge < -0.3 is 9.47 Å². The van der Waals surface area contributed by atoms with Crippen LogP contribution < -0.4 is 4.74 Å². The third kappa shape index (κ3) is 3.26. The Bertz CT molecular complexity index is 780. The first-order chi connectivity index (χ1) is 10.8. The summed E-state index contributed by atoms with van der Waals surface area (Å²) >= 11 is 1.51. The molecule has 0 saturated heterocycles. The van der Waals surface area contributed by atoms with Gasteiger partial charge in [0.2, 0.25) is 0 Å². The standard InChI is InChI=1S/C17H15NO3S/c1-20-14-5-2-12(3-6-14)8-9-21-17(19)13-4-7-15-16(10-13)22-11-18-15/h2-7,10-11H,8-9H2,1H3. The number of esters is 1. The van der Waals surface area contributed by atoms with E-state index in [1.165, 1.54) is 11.3 Å². The van der Waals surface area contributed by atoms with Gasteiger partial charge in [0.1, 0.15) is 5.75 Å². The number of rotatable bonds is 5. The van der Waals surface area contributed by atoms with Gasteiger partial charge in [-0.15, -0.1) is 11.3 Å². The van der Waals surface area contributed by atoms with E-state index >= 15 is 0 Å². The third-order valence-corrected chi connectivity index (χ3v) is 4.14. The fourth-order valence-electron chi connectivity index (χ4n) is 2.12. The minimum absolute atomic E-state index is 0.302. The summed E-state index contributed by atoms with van der Waals surface area (Å²) in [5.74, 6) is 0.516. The number of methoxy groups -OCH3 is 1. The lowest BCUT2D eigenvalue weighted by atomic mass is 10.1. The SMILES string of the molecule is COc1ccc(CCOC(=O)c2ccc3ncsc3c2)cc1. The number of benzene rings is 2. The van der Waals surface area contributed by atoms with E-state index in [9.17, 15) is 4.79 Å². The molecule has 0 radical (unpaired) electrons. The van der Waals surface area contributed by atoms with Crippen LogP contribution in [0.25, 0.3) is 10.2 Å². The molecular formula is C17H15NO3S. The normalized spacial score (nSPS) is 10.6. The zero-order valence-electron chi connectivity index (χ0n) is 12.1. The van der Waals surface area contributed by atoms with E-state index in [-0.39, 0.29) is 5.97 Å². The van der Waals surface area contributed by atoms with Gasteiger partial charge in [-0.2, -0.15) is 0 Å². The molecule has 0 fully saturated rings. The van der Waals surface area contributed by atoms with Crippen molar-refractivity contribution in [3.63, 3.8) is 0 Å². The first-order valence-electron chi connectivity index (χ1n) is 6.89. The monoisotopic (exact) mass is 313 g/mol. The number of hydrogen-bond donors (Lipinski definition) is 0. The molecule has 5 heteroatoms. The Hall–Kier alpha value is -2.40. The minimum Gasteiger partial charge on any atom is -0.497 e. The quantitative estimate of drug-likeness (QED) is 0.674.